The number of halogens is 1. The summed E-state index contributed by atoms with van der Waals surface area (Å²) in [6, 6.07) is 12.3. The fourth-order valence-electron chi connectivity index (χ4n) is 3.62. The molecule has 7 nitrogen and oxygen atoms in total. The highest BCUT2D eigenvalue weighted by molar-refractivity contribution is 9.10. The zero-order valence-electron chi connectivity index (χ0n) is 16.0. The molecule has 1 saturated heterocycles. The molecule has 1 atom stereocenters. The highest BCUT2D eigenvalue weighted by Gasteiger charge is 2.56. The Kier molecular flexibility index (Phi) is 5.12. The van der Waals surface area contributed by atoms with Crippen LogP contribution < -0.4 is 10.2 Å². The van der Waals surface area contributed by atoms with Crippen LogP contribution in [-0.2, 0) is 16.1 Å². The van der Waals surface area contributed by atoms with Crippen LogP contribution in [0.3, 0.4) is 0 Å². The van der Waals surface area contributed by atoms with Gasteiger partial charge in [-0.3, -0.25) is 19.5 Å². The molecule has 2 heterocycles. The van der Waals surface area contributed by atoms with Crippen LogP contribution in [0.2, 0.25) is 0 Å². The molecule has 1 aromatic carbocycles. The van der Waals surface area contributed by atoms with Crippen LogP contribution in [0.5, 0.6) is 0 Å². The first kappa shape index (κ1) is 19.6. The van der Waals surface area contributed by atoms with Gasteiger partial charge in [-0.2, -0.15) is 0 Å². The molecular formula is C21H21BrN4O3. The number of carbonyl (C=O) groups is 3. The monoisotopic (exact) mass is 456 g/mol. The number of hydrogen-bond acceptors (Lipinski definition) is 4. The summed E-state index contributed by atoms with van der Waals surface area (Å²) in [7, 11) is 0. The Hall–Kier alpha value is -2.74. The van der Waals surface area contributed by atoms with Gasteiger partial charge in [-0.1, -0.05) is 22.0 Å². The van der Waals surface area contributed by atoms with Crippen molar-refractivity contribution >= 4 is 39.5 Å². The Balaban J connectivity index is 1.57. The molecule has 1 N–H and O–H groups in total. The maximum absolute atomic E-state index is 13.2. The molecule has 2 fully saturated rings. The predicted octanol–water partition coefficient (Wildman–Crippen LogP) is 3.10. The highest BCUT2D eigenvalue weighted by atomic mass is 79.9. The smallest absolute Gasteiger partial charge is 0.323 e. The number of urea groups is 1. The average Bonchev–Trinajstić information content (AvgIpc) is 3.54. The van der Waals surface area contributed by atoms with Gasteiger partial charge in [0.15, 0.2) is 0 Å². The van der Waals surface area contributed by atoms with Crippen molar-refractivity contribution in [3.63, 3.8) is 0 Å². The highest BCUT2D eigenvalue weighted by Crippen LogP contribution is 2.42. The minimum atomic E-state index is -0.902. The van der Waals surface area contributed by atoms with Gasteiger partial charge in [0, 0.05) is 16.4 Å². The zero-order chi connectivity index (χ0) is 20.6. The number of carbonyl (C=O) groups excluding carboxylic acids is 3. The van der Waals surface area contributed by atoms with Gasteiger partial charge in [0.2, 0.25) is 5.91 Å². The zero-order valence-corrected chi connectivity index (χ0v) is 17.6. The standard InChI is InChI=1S/C21H21BrN4O3/c1-21(14-5-6-14)19(28)26(20(29)24-21)13-18(27)25(12-16-4-2-3-11-23-16)17-9-7-15(22)8-10-17/h2-4,7-11,14H,5-6,12-13H2,1H3,(H,24,29). The van der Waals surface area contributed by atoms with Crippen molar-refractivity contribution in [2.45, 2.75) is 31.8 Å². The number of nitrogens with one attached hydrogen (secondary N) is 1. The molecule has 4 amide bonds. The van der Waals surface area contributed by atoms with Gasteiger partial charge < -0.3 is 10.2 Å². The third-order valence-corrected chi connectivity index (χ3v) is 6.00. The Labute approximate surface area is 177 Å². The van der Waals surface area contributed by atoms with Gasteiger partial charge in [0.1, 0.15) is 12.1 Å². The molecule has 1 aromatic heterocycles. The average molecular weight is 457 g/mol. The van der Waals surface area contributed by atoms with Crippen LogP contribution in [0.4, 0.5) is 10.5 Å². The van der Waals surface area contributed by atoms with Crippen LogP contribution >= 0.6 is 15.9 Å². The van der Waals surface area contributed by atoms with Crippen LogP contribution in [0, 0.1) is 5.92 Å². The summed E-state index contributed by atoms with van der Waals surface area (Å²) in [5, 5.41) is 2.78. The Morgan fingerprint density at radius 3 is 2.59 bits per heavy atom. The molecule has 1 aliphatic carbocycles. The lowest BCUT2D eigenvalue weighted by atomic mass is 9.96. The van der Waals surface area contributed by atoms with E-state index in [4.69, 9.17) is 0 Å². The third-order valence-electron chi connectivity index (χ3n) is 5.47. The molecule has 2 aromatic rings. The van der Waals surface area contributed by atoms with Gasteiger partial charge in [-0.15, -0.1) is 0 Å². The van der Waals surface area contributed by atoms with Crippen molar-refractivity contribution < 1.29 is 14.4 Å². The quantitative estimate of drug-likeness (QED) is 0.676. The maximum Gasteiger partial charge on any atom is 0.325 e. The van der Waals surface area contributed by atoms with Crippen molar-refractivity contribution in [2.75, 3.05) is 11.4 Å². The molecule has 1 aliphatic heterocycles. The fourth-order valence-corrected chi connectivity index (χ4v) is 3.88. The van der Waals surface area contributed by atoms with E-state index in [1.54, 1.807) is 24.1 Å². The first-order valence-corrected chi connectivity index (χ1v) is 10.3. The van der Waals surface area contributed by atoms with Crippen LogP contribution in [0.1, 0.15) is 25.5 Å². The first-order chi connectivity index (χ1) is 13.9. The molecule has 0 bridgehead atoms. The molecule has 150 valence electrons. The van der Waals surface area contributed by atoms with E-state index in [1.807, 2.05) is 36.4 Å². The maximum atomic E-state index is 13.2. The number of pyridine rings is 1. The third kappa shape index (κ3) is 3.89. The van der Waals surface area contributed by atoms with Crippen LogP contribution in [0.25, 0.3) is 0 Å². The van der Waals surface area contributed by atoms with Crippen molar-refractivity contribution in [3.05, 3.63) is 58.8 Å². The molecular weight excluding hydrogens is 436 g/mol. The van der Waals surface area contributed by atoms with Crippen LogP contribution in [0.15, 0.2) is 53.1 Å². The number of imide groups is 1. The second-order valence-electron chi connectivity index (χ2n) is 7.58. The second kappa shape index (κ2) is 7.59. The molecule has 8 heteroatoms. The summed E-state index contributed by atoms with van der Waals surface area (Å²) < 4.78 is 0.890. The van der Waals surface area contributed by atoms with E-state index >= 15 is 0 Å². The lowest BCUT2D eigenvalue weighted by Crippen LogP contribution is -2.47. The van der Waals surface area contributed by atoms with Crippen molar-refractivity contribution in [1.82, 2.24) is 15.2 Å². The topological polar surface area (TPSA) is 82.6 Å². The lowest BCUT2D eigenvalue weighted by Gasteiger charge is -2.25. The van der Waals surface area contributed by atoms with E-state index in [0.29, 0.717) is 11.4 Å². The molecule has 2 aliphatic rings. The summed E-state index contributed by atoms with van der Waals surface area (Å²) >= 11 is 3.40. The van der Waals surface area contributed by atoms with Gasteiger partial charge >= 0.3 is 6.03 Å². The summed E-state index contributed by atoms with van der Waals surface area (Å²) in [5.41, 5.74) is 0.477. The number of anilines is 1. The molecule has 29 heavy (non-hydrogen) atoms. The number of amides is 4. The first-order valence-electron chi connectivity index (χ1n) is 9.48. The van der Waals surface area contributed by atoms with E-state index in [2.05, 4.69) is 26.2 Å². The van der Waals surface area contributed by atoms with Crippen molar-refractivity contribution in [1.29, 1.82) is 0 Å². The Morgan fingerprint density at radius 2 is 1.97 bits per heavy atom. The lowest BCUT2D eigenvalue weighted by molar-refractivity contribution is -0.134. The summed E-state index contributed by atoms with van der Waals surface area (Å²) in [6.07, 6.45) is 3.49. The molecule has 4 rings (SSSR count). The fraction of sp³-hybridized carbons (Fsp3) is 0.333. The number of aromatic nitrogens is 1. The predicted molar refractivity (Wildman–Crippen MR) is 111 cm³/mol. The van der Waals surface area contributed by atoms with Gasteiger partial charge in [0.05, 0.1) is 12.2 Å². The van der Waals surface area contributed by atoms with E-state index in [-0.39, 0.29) is 30.8 Å². The summed E-state index contributed by atoms with van der Waals surface area (Å²) in [5.74, 6) is -0.524. The Morgan fingerprint density at radius 1 is 1.24 bits per heavy atom. The van der Waals surface area contributed by atoms with Crippen molar-refractivity contribution in [3.8, 4) is 0 Å². The Bertz CT molecular complexity index is 946. The van der Waals surface area contributed by atoms with Crippen molar-refractivity contribution in [2.24, 2.45) is 5.92 Å². The minimum Gasteiger partial charge on any atom is -0.323 e. The SMILES string of the molecule is CC1(C2CC2)NC(=O)N(CC(=O)N(Cc2ccccn2)c2ccc(Br)cc2)C1=O. The van der Waals surface area contributed by atoms with Gasteiger partial charge in [-0.25, -0.2) is 4.79 Å². The number of nitrogens with zero attached hydrogens (tertiary/aromatic N) is 3. The van der Waals surface area contributed by atoms with Crippen LogP contribution in [-0.4, -0.2) is 39.8 Å². The number of rotatable bonds is 6. The van der Waals surface area contributed by atoms with E-state index in [9.17, 15) is 14.4 Å². The molecule has 0 radical (unpaired) electrons. The van der Waals surface area contributed by atoms with E-state index in [1.165, 1.54) is 0 Å². The second-order valence-corrected chi connectivity index (χ2v) is 8.49. The number of hydrogen-bond donors (Lipinski definition) is 1. The minimum absolute atomic E-state index is 0.148. The summed E-state index contributed by atoms with van der Waals surface area (Å²) in [4.78, 5) is 45.4. The number of benzene rings is 1. The van der Waals surface area contributed by atoms with Gasteiger partial charge in [-0.05, 0) is 62.1 Å². The largest absolute Gasteiger partial charge is 0.325 e. The molecule has 0 spiro atoms. The molecule has 1 unspecified atom stereocenters. The normalized spacial score (nSPS) is 21.2. The van der Waals surface area contributed by atoms with Gasteiger partial charge in [0.25, 0.3) is 5.91 Å². The van der Waals surface area contributed by atoms with E-state index in [0.717, 1.165) is 22.2 Å². The van der Waals surface area contributed by atoms with E-state index < -0.39 is 11.6 Å². The summed E-state index contributed by atoms with van der Waals surface area (Å²) in [6.45, 7) is 1.68. The molecule has 1 saturated carbocycles.